The average Bonchev–Trinajstić information content (AvgIpc) is 2.03. The van der Waals surface area contributed by atoms with Gasteiger partial charge in [0, 0.05) is 0 Å². The van der Waals surface area contributed by atoms with E-state index in [1.54, 1.807) is 0 Å². The van der Waals surface area contributed by atoms with Gasteiger partial charge in [-0.1, -0.05) is 0 Å². The summed E-state index contributed by atoms with van der Waals surface area (Å²) in [5.74, 6) is -7.22. The molecule has 0 aromatic carbocycles. The zero-order valence-electron chi connectivity index (χ0n) is 6.85. The number of hydrogen-bond donors (Lipinski definition) is 5. The molecule has 5 N–H and O–H groups in total. The van der Waals surface area contributed by atoms with Crippen molar-refractivity contribution in [1.82, 2.24) is 0 Å². The molecule has 0 unspecified atom stereocenters. The van der Waals surface area contributed by atoms with Gasteiger partial charge in [0.1, 0.15) is 0 Å². The van der Waals surface area contributed by atoms with Crippen LogP contribution in [0.15, 0.2) is 0 Å². The molecule has 0 rings (SSSR count). The third kappa shape index (κ3) is 15.0. The van der Waals surface area contributed by atoms with Gasteiger partial charge in [-0.05, 0) is 0 Å². The van der Waals surface area contributed by atoms with Crippen LogP contribution in [0.2, 0.25) is 0 Å². The van der Waals surface area contributed by atoms with Crippen molar-refractivity contribution in [3.05, 3.63) is 0 Å². The number of rotatable bonds is 1. The van der Waals surface area contributed by atoms with Gasteiger partial charge in [-0.15, -0.1) is 0 Å². The van der Waals surface area contributed by atoms with Crippen LogP contribution in [0.4, 0.5) is 0 Å². The number of carbonyl (C=O) groups is 4. The molecule has 0 bridgehead atoms. The monoisotopic (exact) mass is 232 g/mol. The zero-order valence-corrected chi connectivity index (χ0v) is 6.85. The van der Waals surface area contributed by atoms with Crippen LogP contribution in [0, 0.1) is 0 Å². The normalized spacial score (nSPS) is 7.38. The van der Waals surface area contributed by atoms with Gasteiger partial charge in [0.05, 0.1) is 0 Å². The zero-order chi connectivity index (χ0) is 12.6. The van der Waals surface area contributed by atoms with E-state index >= 15 is 0 Å². The molecule has 0 aromatic rings. The minimum atomic E-state index is -2.37. The molecule has 0 amide bonds. The average molecular weight is 232 g/mol. The van der Waals surface area contributed by atoms with Gasteiger partial charge in [-0.2, -0.15) is 0 Å². The Morgan fingerprint density at radius 2 is 1.12 bits per heavy atom. The van der Waals surface area contributed by atoms with Crippen molar-refractivity contribution < 1.29 is 49.2 Å². The fourth-order valence-electron chi connectivity index (χ4n) is 0.146. The number of hydrogen-bond acceptors (Lipinski definition) is 7. The van der Waals surface area contributed by atoms with Crippen LogP contribution in [0.5, 0.6) is 0 Å². The SMILES string of the molecule is O=C(O)C(=O)O.O=C(O)C(=O)OB(O)O.[LiH]. The summed E-state index contributed by atoms with van der Waals surface area (Å²) in [5.41, 5.74) is 0. The Morgan fingerprint density at radius 3 is 1.19 bits per heavy atom. The Kier molecular flexibility index (Phi) is 12.5. The van der Waals surface area contributed by atoms with E-state index in [9.17, 15) is 9.59 Å². The molecule has 86 valence electrons. The molecule has 0 spiro atoms. The second-order valence-electron chi connectivity index (χ2n) is 1.65. The fraction of sp³-hybridized carbons (Fsp3) is 0. The predicted molar refractivity (Wildman–Crippen MR) is 46.3 cm³/mol. The standard InChI is InChI=1S/C2H3BO6.C2H2O4.Li.H/c4-1(5)2(6)9-3(7)8;3-1(4)2(5)6;;/h7-8H,(H,4,5);(H,3,4)(H,5,6);;. The van der Waals surface area contributed by atoms with Crippen LogP contribution < -0.4 is 0 Å². The Morgan fingerprint density at radius 1 is 0.812 bits per heavy atom. The maximum absolute atomic E-state index is 9.81. The molecule has 0 aromatic heterocycles. The topological polar surface area (TPSA) is 179 Å². The molecule has 0 radical (unpaired) electrons. The van der Waals surface area contributed by atoms with E-state index in [2.05, 4.69) is 4.65 Å². The van der Waals surface area contributed by atoms with Crippen LogP contribution in [-0.4, -0.2) is 75.4 Å². The van der Waals surface area contributed by atoms with Crippen LogP contribution in [-0.2, 0) is 23.8 Å². The summed E-state index contributed by atoms with van der Waals surface area (Å²) in [5, 5.41) is 38.2. The fourth-order valence-corrected chi connectivity index (χ4v) is 0.146. The minimum absolute atomic E-state index is 0. The molecule has 0 aliphatic heterocycles. The van der Waals surface area contributed by atoms with E-state index in [-0.39, 0.29) is 18.9 Å². The number of aliphatic carboxylic acids is 3. The van der Waals surface area contributed by atoms with Crippen LogP contribution in [0.3, 0.4) is 0 Å². The molecule has 16 heavy (non-hydrogen) atoms. The predicted octanol–water partition coefficient (Wildman–Crippen LogP) is -3.91. The second-order valence-corrected chi connectivity index (χ2v) is 1.65. The molecule has 10 nitrogen and oxygen atoms in total. The Bertz CT molecular complexity index is 262. The Labute approximate surface area is 99.8 Å². The summed E-state index contributed by atoms with van der Waals surface area (Å²) >= 11 is 0. The first-order valence-corrected chi connectivity index (χ1v) is 2.94. The van der Waals surface area contributed by atoms with Crippen molar-refractivity contribution in [2.24, 2.45) is 0 Å². The molecular weight excluding hydrogens is 226 g/mol. The summed E-state index contributed by atoms with van der Waals surface area (Å²) < 4.78 is 3.38. The molecule has 0 saturated heterocycles. The van der Waals surface area contributed by atoms with Crippen molar-refractivity contribution in [2.75, 3.05) is 0 Å². The molecular formula is C4H6BLiO10. The van der Waals surface area contributed by atoms with E-state index in [0.29, 0.717) is 0 Å². The summed E-state index contributed by atoms with van der Waals surface area (Å²) in [6.45, 7) is 0. The third-order valence-corrected chi connectivity index (χ3v) is 0.570. The van der Waals surface area contributed by atoms with Crippen molar-refractivity contribution in [1.29, 1.82) is 0 Å². The van der Waals surface area contributed by atoms with E-state index in [1.807, 2.05) is 0 Å². The quantitative estimate of drug-likeness (QED) is 0.221. The van der Waals surface area contributed by atoms with Gasteiger partial charge in [-0.3, -0.25) is 0 Å². The first-order valence-electron chi connectivity index (χ1n) is 2.94. The summed E-state index contributed by atoms with van der Waals surface area (Å²) in [4.78, 5) is 37.5. The van der Waals surface area contributed by atoms with E-state index < -0.39 is 31.2 Å². The Hall–Kier alpha value is -1.54. The molecule has 0 aliphatic rings. The molecule has 0 fully saturated rings. The maximum atomic E-state index is 9.81. The first-order chi connectivity index (χ1) is 6.68. The first kappa shape index (κ1) is 19.9. The van der Waals surface area contributed by atoms with Crippen molar-refractivity contribution >= 4 is 50.1 Å². The van der Waals surface area contributed by atoms with Gasteiger partial charge in [0.15, 0.2) is 0 Å². The molecule has 12 heteroatoms. The van der Waals surface area contributed by atoms with E-state index in [4.69, 9.17) is 35.0 Å². The van der Waals surface area contributed by atoms with Crippen LogP contribution in [0.1, 0.15) is 0 Å². The third-order valence-electron chi connectivity index (χ3n) is 0.570. The van der Waals surface area contributed by atoms with Gasteiger partial charge < -0.3 is 30.0 Å². The van der Waals surface area contributed by atoms with Gasteiger partial charge in [0.2, 0.25) is 0 Å². The Balaban J connectivity index is -0.000000214. The summed E-state index contributed by atoms with van der Waals surface area (Å²) in [6.07, 6.45) is 0. The summed E-state index contributed by atoms with van der Waals surface area (Å²) in [6, 6.07) is 0. The number of carboxylic acid groups (broad SMARTS) is 3. The van der Waals surface area contributed by atoms with E-state index in [0.717, 1.165) is 0 Å². The van der Waals surface area contributed by atoms with Gasteiger partial charge in [0.25, 0.3) is 0 Å². The summed E-state index contributed by atoms with van der Waals surface area (Å²) in [7, 11) is -2.37. The molecule has 0 atom stereocenters. The van der Waals surface area contributed by atoms with Crippen molar-refractivity contribution in [3.63, 3.8) is 0 Å². The second kappa shape index (κ2) is 10.00. The van der Waals surface area contributed by atoms with E-state index in [1.165, 1.54) is 0 Å². The number of carboxylic acids is 3. The number of carbonyl (C=O) groups excluding carboxylic acids is 1. The van der Waals surface area contributed by atoms with Crippen LogP contribution >= 0.6 is 0 Å². The van der Waals surface area contributed by atoms with Crippen molar-refractivity contribution in [3.8, 4) is 0 Å². The molecule has 0 saturated carbocycles. The van der Waals surface area contributed by atoms with Gasteiger partial charge >= 0.3 is 50.1 Å². The molecule has 0 aliphatic carbocycles. The van der Waals surface area contributed by atoms with Crippen LogP contribution in [0.25, 0.3) is 0 Å². The van der Waals surface area contributed by atoms with Crippen molar-refractivity contribution in [2.45, 2.75) is 0 Å². The van der Waals surface area contributed by atoms with Gasteiger partial charge in [-0.25, -0.2) is 19.2 Å². The molecule has 0 heterocycles.